The molecule has 0 amide bonds. The minimum Gasteiger partial charge on any atom is -0.309 e. The molecular formula is C60H37N. The number of para-hydroxylation sites is 2. The van der Waals surface area contributed by atoms with Crippen LogP contribution >= 0.6 is 0 Å². The molecule has 0 aliphatic carbocycles. The van der Waals surface area contributed by atoms with Crippen LogP contribution in [0.5, 0.6) is 0 Å². The Hall–Kier alpha value is -8.00. The average Bonchev–Trinajstić information content (AvgIpc) is 3.67. The highest BCUT2D eigenvalue weighted by Gasteiger charge is 2.17. The SMILES string of the molecule is c1ccc2c(-c3ccc4c(c3)c3cc(-c5cccc6ccccc56)ccc3c3cc5c(-c6ccc(-n7c8ccccc8c8ccccc87)cc6)cccc5cc43)cccc2c1. The summed E-state index contributed by atoms with van der Waals surface area (Å²) in [4.78, 5) is 0. The number of benzene rings is 12. The van der Waals surface area contributed by atoms with Crippen molar-refractivity contribution in [1.29, 1.82) is 0 Å². The van der Waals surface area contributed by atoms with E-state index in [1.165, 1.54) is 120 Å². The lowest BCUT2D eigenvalue weighted by molar-refractivity contribution is 1.18. The predicted molar refractivity (Wildman–Crippen MR) is 262 cm³/mol. The van der Waals surface area contributed by atoms with E-state index in [4.69, 9.17) is 0 Å². The Labute approximate surface area is 353 Å². The van der Waals surface area contributed by atoms with E-state index in [1.54, 1.807) is 0 Å². The molecule has 0 aliphatic heterocycles. The molecule has 0 radical (unpaired) electrons. The van der Waals surface area contributed by atoms with Crippen molar-refractivity contribution < 1.29 is 0 Å². The quantitative estimate of drug-likeness (QED) is 0.124. The van der Waals surface area contributed by atoms with Crippen LogP contribution in [0.1, 0.15) is 0 Å². The molecular weight excluding hydrogens is 735 g/mol. The largest absolute Gasteiger partial charge is 0.309 e. The molecule has 0 fully saturated rings. The Morgan fingerprint density at radius 3 is 1.18 bits per heavy atom. The summed E-state index contributed by atoms with van der Waals surface area (Å²) in [5.74, 6) is 0. The van der Waals surface area contributed by atoms with Crippen molar-refractivity contribution in [3.63, 3.8) is 0 Å². The zero-order valence-electron chi connectivity index (χ0n) is 33.3. The summed E-state index contributed by atoms with van der Waals surface area (Å²) in [6.45, 7) is 0. The lowest BCUT2D eigenvalue weighted by atomic mass is 9.87. The molecule has 0 saturated carbocycles. The summed E-state index contributed by atoms with van der Waals surface area (Å²) in [6, 6.07) is 83.2. The van der Waals surface area contributed by atoms with Crippen LogP contribution in [0.25, 0.3) is 126 Å². The van der Waals surface area contributed by atoms with Gasteiger partial charge in [0, 0.05) is 16.5 Å². The number of aromatic nitrogens is 1. The van der Waals surface area contributed by atoms with Crippen molar-refractivity contribution in [2.75, 3.05) is 0 Å². The van der Waals surface area contributed by atoms with Gasteiger partial charge in [0.15, 0.2) is 0 Å². The standard InChI is InChI=1S/C60H37N/c1-3-17-45-38(12-1)14-9-22-48(45)42-28-32-50-55(35-42)56-36-43(49-23-10-15-39-13-2-4-18-46(39)49)29-33-51(56)58-37-54-41(34-57(50)58)16-11-21-47(54)40-26-30-44(31-27-40)61-59-24-7-5-19-52(59)53-20-6-8-25-60(53)61/h1-37H. The van der Waals surface area contributed by atoms with Crippen LogP contribution in [0.4, 0.5) is 0 Å². The molecule has 1 heterocycles. The zero-order chi connectivity index (χ0) is 40.0. The van der Waals surface area contributed by atoms with Crippen molar-refractivity contribution in [2.24, 2.45) is 0 Å². The lowest BCUT2D eigenvalue weighted by Gasteiger charge is -2.17. The first-order valence-corrected chi connectivity index (χ1v) is 21.2. The molecule has 282 valence electrons. The summed E-state index contributed by atoms with van der Waals surface area (Å²) >= 11 is 0. The third-order valence-corrected chi connectivity index (χ3v) is 13.1. The highest BCUT2D eigenvalue weighted by Crippen LogP contribution is 2.43. The third kappa shape index (κ3) is 5.21. The molecule has 0 aliphatic rings. The molecule has 0 bridgehead atoms. The fourth-order valence-electron chi connectivity index (χ4n) is 10.3. The van der Waals surface area contributed by atoms with Crippen LogP contribution in [0, 0.1) is 0 Å². The van der Waals surface area contributed by atoms with Gasteiger partial charge in [-0.15, -0.1) is 0 Å². The van der Waals surface area contributed by atoms with Crippen molar-refractivity contribution in [2.45, 2.75) is 0 Å². The first-order valence-electron chi connectivity index (χ1n) is 21.2. The topological polar surface area (TPSA) is 4.93 Å². The Balaban J connectivity index is 1.03. The third-order valence-electron chi connectivity index (χ3n) is 13.1. The summed E-state index contributed by atoms with van der Waals surface area (Å²) < 4.78 is 2.39. The van der Waals surface area contributed by atoms with Gasteiger partial charge in [-0.3, -0.25) is 0 Å². The predicted octanol–water partition coefficient (Wildman–Crippen LogP) is 16.7. The van der Waals surface area contributed by atoms with Gasteiger partial charge in [-0.1, -0.05) is 176 Å². The second kappa shape index (κ2) is 13.3. The van der Waals surface area contributed by atoms with E-state index in [9.17, 15) is 0 Å². The van der Waals surface area contributed by atoms with E-state index in [-0.39, 0.29) is 0 Å². The second-order valence-corrected chi connectivity index (χ2v) is 16.4. The molecule has 12 aromatic carbocycles. The van der Waals surface area contributed by atoms with Gasteiger partial charge in [-0.2, -0.15) is 0 Å². The maximum absolute atomic E-state index is 2.46. The van der Waals surface area contributed by atoms with Crippen LogP contribution in [0.2, 0.25) is 0 Å². The monoisotopic (exact) mass is 771 g/mol. The molecule has 1 heteroatoms. The Bertz CT molecular complexity index is 3860. The van der Waals surface area contributed by atoms with Gasteiger partial charge in [0.25, 0.3) is 0 Å². The fraction of sp³-hybridized carbons (Fsp3) is 0. The normalized spacial score (nSPS) is 11.9. The molecule has 0 spiro atoms. The van der Waals surface area contributed by atoms with Crippen LogP contribution in [0.15, 0.2) is 224 Å². The molecule has 1 aromatic heterocycles. The van der Waals surface area contributed by atoms with E-state index in [0.29, 0.717) is 0 Å². The molecule has 0 atom stereocenters. The van der Waals surface area contributed by atoms with Gasteiger partial charge >= 0.3 is 0 Å². The van der Waals surface area contributed by atoms with Crippen LogP contribution in [0.3, 0.4) is 0 Å². The van der Waals surface area contributed by atoms with Crippen molar-refractivity contribution in [1.82, 2.24) is 4.57 Å². The van der Waals surface area contributed by atoms with E-state index >= 15 is 0 Å². The molecule has 61 heavy (non-hydrogen) atoms. The molecule has 13 rings (SSSR count). The molecule has 0 unspecified atom stereocenters. The fourth-order valence-corrected chi connectivity index (χ4v) is 10.3. The first kappa shape index (κ1) is 33.9. The minimum atomic E-state index is 1.16. The molecule has 0 N–H and O–H groups in total. The van der Waals surface area contributed by atoms with Gasteiger partial charge in [0.05, 0.1) is 11.0 Å². The lowest BCUT2D eigenvalue weighted by Crippen LogP contribution is -1.93. The van der Waals surface area contributed by atoms with Crippen LogP contribution < -0.4 is 0 Å². The van der Waals surface area contributed by atoms with Gasteiger partial charge in [0.2, 0.25) is 0 Å². The van der Waals surface area contributed by atoms with Crippen LogP contribution in [-0.4, -0.2) is 4.57 Å². The Morgan fingerprint density at radius 1 is 0.213 bits per heavy atom. The van der Waals surface area contributed by atoms with E-state index < -0.39 is 0 Å². The average molecular weight is 772 g/mol. The number of nitrogens with zero attached hydrogens (tertiary/aromatic N) is 1. The maximum atomic E-state index is 2.46. The van der Waals surface area contributed by atoms with E-state index in [1.807, 2.05) is 0 Å². The number of fused-ring (bicyclic) bond motifs is 12. The minimum absolute atomic E-state index is 1.16. The Kier molecular flexibility index (Phi) is 7.37. The van der Waals surface area contributed by atoms with Crippen molar-refractivity contribution >= 4 is 86.4 Å². The highest BCUT2D eigenvalue weighted by atomic mass is 15.0. The molecule has 13 aromatic rings. The van der Waals surface area contributed by atoms with E-state index in [0.717, 1.165) is 5.69 Å². The van der Waals surface area contributed by atoms with Gasteiger partial charge in [-0.25, -0.2) is 0 Å². The molecule has 1 nitrogen and oxygen atoms in total. The number of rotatable bonds is 4. The Morgan fingerprint density at radius 2 is 0.623 bits per heavy atom. The summed E-state index contributed by atoms with van der Waals surface area (Å²) in [6.07, 6.45) is 0. The summed E-state index contributed by atoms with van der Waals surface area (Å²) in [5, 5.41) is 17.7. The number of hydrogen-bond donors (Lipinski definition) is 0. The zero-order valence-corrected chi connectivity index (χ0v) is 33.3. The smallest absolute Gasteiger partial charge is 0.0541 e. The van der Waals surface area contributed by atoms with Gasteiger partial charge in [0.1, 0.15) is 0 Å². The first-order chi connectivity index (χ1) is 30.2. The van der Waals surface area contributed by atoms with E-state index in [2.05, 4.69) is 229 Å². The van der Waals surface area contributed by atoms with Crippen LogP contribution in [-0.2, 0) is 0 Å². The van der Waals surface area contributed by atoms with Gasteiger partial charge in [-0.05, 0) is 147 Å². The number of hydrogen-bond acceptors (Lipinski definition) is 0. The second-order valence-electron chi connectivity index (χ2n) is 16.4. The summed E-state index contributed by atoms with van der Waals surface area (Å²) in [5.41, 5.74) is 11.0. The van der Waals surface area contributed by atoms with Crippen molar-refractivity contribution in [3.05, 3.63) is 224 Å². The molecule has 0 saturated heterocycles. The maximum Gasteiger partial charge on any atom is 0.0541 e. The van der Waals surface area contributed by atoms with Gasteiger partial charge < -0.3 is 4.57 Å². The van der Waals surface area contributed by atoms with Crippen molar-refractivity contribution in [3.8, 4) is 39.1 Å². The summed E-state index contributed by atoms with van der Waals surface area (Å²) in [7, 11) is 0. The highest BCUT2D eigenvalue weighted by molar-refractivity contribution is 6.29.